The zero-order valence-corrected chi connectivity index (χ0v) is 19.0. The molecule has 2 aromatic carbocycles. The third kappa shape index (κ3) is 4.34. The third-order valence-electron chi connectivity index (χ3n) is 6.50. The monoisotopic (exact) mass is 416 g/mol. The van der Waals surface area contributed by atoms with Crippen LogP contribution in [-0.2, 0) is 5.54 Å². The molecule has 0 radical (unpaired) electrons. The van der Waals surface area contributed by atoms with Gasteiger partial charge in [0.1, 0.15) is 11.5 Å². The van der Waals surface area contributed by atoms with Crippen LogP contribution >= 0.6 is 11.6 Å². The van der Waals surface area contributed by atoms with E-state index in [4.69, 9.17) is 21.1 Å². The molecule has 0 bridgehead atoms. The van der Waals surface area contributed by atoms with E-state index in [-0.39, 0.29) is 5.54 Å². The van der Waals surface area contributed by atoms with Crippen LogP contribution < -0.4 is 14.4 Å². The second kappa shape index (κ2) is 9.27. The lowest BCUT2D eigenvalue weighted by atomic mass is 9.73. The van der Waals surface area contributed by atoms with Crippen LogP contribution in [0.2, 0.25) is 5.02 Å². The number of benzene rings is 2. The van der Waals surface area contributed by atoms with Gasteiger partial charge in [-0.1, -0.05) is 23.7 Å². The SMILES string of the molecule is CCN(c1ccc(Cl)cc1OC)C1CCC(c2ccc(OC)cc2)(N(C)C)CC1. The van der Waals surface area contributed by atoms with Gasteiger partial charge in [-0.2, -0.15) is 0 Å². The first-order valence-electron chi connectivity index (χ1n) is 10.4. The van der Waals surface area contributed by atoms with Crippen molar-refractivity contribution >= 4 is 17.3 Å². The van der Waals surface area contributed by atoms with Gasteiger partial charge in [0.25, 0.3) is 0 Å². The molecule has 0 spiro atoms. The van der Waals surface area contributed by atoms with Gasteiger partial charge < -0.3 is 14.4 Å². The molecule has 0 heterocycles. The van der Waals surface area contributed by atoms with Gasteiger partial charge in [-0.05, 0) is 76.5 Å². The molecule has 5 heteroatoms. The zero-order valence-electron chi connectivity index (χ0n) is 18.2. The van der Waals surface area contributed by atoms with Gasteiger partial charge in [-0.3, -0.25) is 4.90 Å². The summed E-state index contributed by atoms with van der Waals surface area (Å²) in [5.41, 5.74) is 2.56. The highest BCUT2D eigenvalue weighted by Gasteiger charge is 2.40. The minimum absolute atomic E-state index is 0.0618. The molecule has 0 atom stereocenters. The second-order valence-corrected chi connectivity index (χ2v) is 8.42. The number of rotatable bonds is 7. The molecule has 0 amide bonds. The smallest absolute Gasteiger partial charge is 0.143 e. The molecule has 0 saturated heterocycles. The van der Waals surface area contributed by atoms with Crippen LogP contribution in [-0.4, -0.2) is 45.8 Å². The van der Waals surface area contributed by atoms with Crippen molar-refractivity contribution in [3.05, 3.63) is 53.1 Å². The van der Waals surface area contributed by atoms with Gasteiger partial charge >= 0.3 is 0 Å². The highest BCUT2D eigenvalue weighted by atomic mass is 35.5. The van der Waals surface area contributed by atoms with Crippen LogP contribution in [0.3, 0.4) is 0 Å². The Morgan fingerprint density at radius 2 is 1.66 bits per heavy atom. The Morgan fingerprint density at radius 1 is 1.00 bits per heavy atom. The summed E-state index contributed by atoms with van der Waals surface area (Å²) in [5.74, 6) is 1.75. The quantitative estimate of drug-likeness (QED) is 0.587. The highest BCUT2D eigenvalue weighted by Crippen LogP contribution is 2.44. The predicted molar refractivity (Wildman–Crippen MR) is 122 cm³/mol. The van der Waals surface area contributed by atoms with E-state index >= 15 is 0 Å². The van der Waals surface area contributed by atoms with Crippen molar-refractivity contribution in [2.24, 2.45) is 0 Å². The molecular formula is C24H33ClN2O2. The summed E-state index contributed by atoms with van der Waals surface area (Å²) in [7, 11) is 7.83. The van der Waals surface area contributed by atoms with Crippen LogP contribution in [0.5, 0.6) is 11.5 Å². The minimum Gasteiger partial charge on any atom is -0.497 e. The molecule has 2 aromatic rings. The number of hydrogen-bond acceptors (Lipinski definition) is 4. The normalized spacial score (nSPS) is 21.8. The average Bonchev–Trinajstić information content (AvgIpc) is 2.75. The molecule has 3 rings (SSSR count). The fourth-order valence-corrected chi connectivity index (χ4v) is 4.96. The van der Waals surface area contributed by atoms with Gasteiger partial charge in [0.15, 0.2) is 0 Å². The topological polar surface area (TPSA) is 24.9 Å². The molecule has 0 aromatic heterocycles. The number of ether oxygens (including phenoxy) is 2. The average molecular weight is 417 g/mol. The van der Waals surface area contributed by atoms with Crippen molar-refractivity contribution in [1.82, 2.24) is 4.90 Å². The zero-order chi connectivity index (χ0) is 21.0. The Labute approximate surface area is 180 Å². The molecule has 158 valence electrons. The second-order valence-electron chi connectivity index (χ2n) is 7.99. The molecule has 0 N–H and O–H groups in total. The summed E-state index contributed by atoms with van der Waals surface area (Å²) in [6.45, 7) is 3.16. The summed E-state index contributed by atoms with van der Waals surface area (Å²) in [6, 6.07) is 15.0. The maximum absolute atomic E-state index is 6.18. The number of halogens is 1. The van der Waals surface area contributed by atoms with E-state index in [0.29, 0.717) is 11.1 Å². The lowest BCUT2D eigenvalue weighted by Crippen LogP contribution is -2.49. The van der Waals surface area contributed by atoms with E-state index in [2.05, 4.69) is 61.2 Å². The van der Waals surface area contributed by atoms with Crippen molar-refractivity contribution in [1.29, 1.82) is 0 Å². The van der Waals surface area contributed by atoms with Gasteiger partial charge in [0, 0.05) is 29.2 Å². The largest absolute Gasteiger partial charge is 0.497 e. The Kier molecular flexibility index (Phi) is 6.97. The Balaban J connectivity index is 1.82. The molecule has 1 saturated carbocycles. The number of nitrogens with zero attached hydrogens (tertiary/aromatic N) is 2. The Hall–Kier alpha value is -1.91. The van der Waals surface area contributed by atoms with Crippen molar-refractivity contribution in [2.45, 2.75) is 44.2 Å². The van der Waals surface area contributed by atoms with Gasteiger partial charge in [0.2, 0.25) is 0 Å². The summed E-state index contributed by atoms with van der Waals surface area (Å²) < 4.78 is 11.0. The first kappa shape index (κ1) is 21.8. The standard InChI is InChI=1S/C24H33ClN2O2/c1-6-27(22-12-9-19(25)17-23(22)29-5)20-13-15-24(16-14-20,26(2)3)18-7-10-21(28-4)11-8-18/h7-12,17,20H,6,13-16H2,1-5H3. The number of anilines is 1. The van der Waals surface area contributed by atoms with Crippen LogP contribution in [0.25, 0.3) is 0 Å². The molecular weight excluding hydrogens is 384 g/mol. The van der Waals surface area contributed by atoms with Crippen LogP contribution in [0.15, 0.2) is 42.5 Å². The molecule has 4 nitrogen and oxygen atoms in total. The van der Waals surface area contributed by atoms with Gasteiger partial charge in [-0.15, -0.1) is 0 Å². The van der Waals surface area contributed by atoms with E-state index in [1.807, 2.05) is 12.1 Å². The number of hydrogen-bond donors (Lipinski definition) is 0. The van der Waals surface area contributed by atoms with Crippen molar-refractivity contribution in [3.8, 4) is 11.5 Å². The fourth-order valence-electron chi connectivity index (χ4n) is 4.80. The van der Waals surface area contributed by atoms with Gasteiger partial charge in [-0.25, -0.2) is 0 Å². The van der Waals surface area contributed by atoms with Crippen molar-refractivity contribution < 1.29 is 9.47 Å². The predicted octanol–water partition coefficient (Wildman–Crippen LogP) is 5.58. The number of methoxy groups -OCH3 is 2. The first-order chi connectivity index (χ1) is 13.9. The molecule has 29 heavy (non-hydrogen) atoms. The minimum atomic E-state index is 0.0618. The van der Waals surface area contributed by atoms with Crippen molar-refractivity contribution in [3.63, 3.8) is 0 Å². The van der Waals surface area contributed by atoms with Gasteiger partial charge in [0.05, 0.1) is 19.9 Å². The van der Waals surface area contributed by atoms with Crippen LogP contribution in [0, 0.1) is 0 Å². The molecule has 1 aliphatic carbocycles. The van der Waals surface area contributed by atoms with Crippen molar-refractivity contribution in [2.75, 3.05) is 39.8 Å². The summed E-state index contributed by atoms with van der Waals surface area (Å²) in [5, 5.41) is 0.705. The maximum atomic E-state index is 6.18. The van der Waals surface area contributed by atoms with E-state index in [1.165, 1.54) is 5.56 Å². The molecule has 1 fully saturated rings. The molecule has 0 aliphatic heterocycles. The lowest BCUT2D eigenvalue weighted by molar-refractivity contribution is 0.0903. The Bertz CT molecular complexity index is 799. The Morgan fingerprint density at radius 3 is 2.17 bits per heavy atom. The van der Waals surface area contributed by atoms with E-state index < -0.39 is 0 Å². The molecule has 0 unspecified atom stereocenters. The highest BCUT2D eigenvalue weighted by molar-refractivity contribution is 6.30. The molecule has 1 aliphatic rings. The first-order valence-corrected chi connectivity index (χ1v) is 10.7. The maximum Gasteiger partial charge on any atom is 0.143 e. The lowest BCUT2D eigenvalue weighted by Gasteiger charge is -2.48. The van der Waals surface area contributed by atoms with Crippen LogP contribution in [0.4, 0.5) is 5.69 Å². The summed E-state index contributed by atoms with van der Waals surface area (Å²) >= 11 is 6.18. The summed E-state index contributed by atoms with van der Waals surface area (Å²) in [4.78, 5) is 4.87. The summed E-state index contributed by atoms with van der Waals surface area (Å²) in [6.07, 6.45) is 4.49. The third-order valence-corrected chi connectivity index (χ3v) is 6.73. The fraction of sp³-hybridized carbons (Fsp3) is 0.500. The van der Waals surface area contributed by atoms with Crippen LogP contribution in [0.1, 0.15) is 38.2 Å². The van der Waals surface area contributed by atoms with E-state index in [9.17, 15) is 0 Å². The van der Waals surface area contributed by atoms with E-state index in [0.717, 1.165) is 49.4 Å². The van der Waals surface area contributed by atoms with E-state index in [1.54, 1.807) is 14.2 Å².